The van der Waals surface area contributed by atoms with Gasteiger partial charge in [-0.15, -0.1) is 0 Å². The number of aliphatic hydroxyl groups is 2. The molecule has 3 aromatic rings. The summed E-state index contributed by atoms with van der Waals surface area (Å²) in [5, 5.41) is 35.1. The molecule has 1 fully saturated rings. The zero-order chi connectivity index (χ0) is 40.2. The van der Waals surface area contributed by atoms with E-state index in [4.69, 9.17) is 34.3 Å². The normalized spacial score (nSPS) is 21.3. The van der Waals surface area contributed by atoms with Crippen molar-refractivity contribution in [3.63, 3.8) is 0 Å². The van der Waals surface area contributed by atoms with E-state index in [1.54, 1.807) is 36.4 Å². The Morgan fingerprint density at radius 1 is 0.911 bits per heavy atom. The number of rotatable bonds is 29. The maximum atomic E-state index is 13.1. The molecule has 312 valence electrons. The molecule has 0 amide bonds. The van der Waals surface area contributed by atoms with Gasteiger partial charge in [0.15, 0.2) is 5.82 Å². The Bertz CT molecular complexity index is 1650. The predicted molar refractivity (Wildman–Crippen MR) is 213 cm³/mol. The molecule has 1 aliphatic heterocycles. The molecule has 1 saturated heterocycles. The van der Waals surface area contributed by atoms with E-state index in [-0.39, 0.29) is 25.6 Å². The lowest BCUT2D eigenvalue weighted by Gasteiger charge is -2.28. The van der Waals surface area contributed by atoms with Gasteiger partial charge >= 0.3 is 7.82 Å². The van der Waals surface area contributed by atoms with Crippen LogP contribution in [0.3, 0.4) is 0 Å². The zero-order valence-electron chi connectivity index (χ0n) is 33.3. The number of nitrogen functional groups attached to an aromatic ring is 1. The highest BCUT2D eigenvalue weighted by Crippen LogP contribution is 2.47. The average Bonchev–Trinajstić information content (AvgIpc) is 3.73. The number of unbranched alkanes of at least 4 members (excludes halogenated alkanes) is 15. The number of phosphoric ester groups is 1. The van der Waals surface area contributed by atoms with Gasteiger partial charge in [-0.3, -0.25) is 9.05 Å². The van der Waals surface area contributed by atoms with Crippen molar-refractivity contribution >= 4 is 19.2 Å². The number of phosphoric acid groups is 1. The van der Waals surface area contributed by atoms with E-state index in [0.717, 1.165) is 24.8 Å². The van der Waals surface area contributed by atoms with Crippen LogP contribution in [0.2, 0.25) is 0 Å². The van der Waals surface area contributed by atoms with Crippen molar-refractivity contribution in [3.8, 4) is 6.07 Å². The number of aliphatic hydroxyl groups excluding tert-OH is 2. The molecular formula is C41H64N5O9P. The molecule has 3 heterocycles. The van der Waals surface area contributed by atoms with Crippen LogP contribution < -0.4 is 5.73 Å². The lowest BCUT2D eigenvalue weighted by molar-refractivity contribution is -0.102. The average molecular weight is 802 g/mol. The molecule has 1 unspecified atom stereocenters. The molecular weight excluding hydrogens is 737 g/mol. The molecule has 14 nitrogen and oxygen atoms in total. The lowest BCUT2D eigenvalue weighted by Crippen LogP contribution is -2.44. The third-order valence-corrected chi connectivity index (χ3v) is 11.3. The first-order chi connectivity index (χ1) is 27.1. The fourth-order valence-electron chi connectivity index (χ4n) is 6.92. The van der Waals surface area contributed by atoms with Gasteiger partial charge in [0.05, 0.1) is 43.8 Å². The highest BCUT2D eigenvalue weighted by molar-refractivity contribution is 7.47. The fraction of sp³-hybridized carbons (Fsp3) is 0.683. The fourth-order valence-corrected chi connectivity index (χ4v) is 7.77. The van der Waals surface area contributed by atoms with Crippen LogP contribution in [0.1, 0.15) is 140 Å². The Labute approximate surface area is 332 Å². The summed E-state index contributed by atoms with van der Waals surface area (Å²) in [7, 11) is -4.68. The van der Waals surface area contributed by atoms with Crippen molar-refractivity contribution in [2.45, 2.75) is 153 Å². The van der Waals surface area contributed by atoms with Gasteiger partial charge in [0.2, 0.25) is 0 Å². The monoisotopic (exact) mass is 801 g/mol. The second-order valence-corrected chi connectivity index (χ2v) is 16.6. The first-order valence-corrected chi connectivity index (χ1v) is 22.0. The Morgan fingerprint density at radius 3 is 2.12 bits per heavy atom. The highest BCUT2D eigenvalue weighted by Gasteiger charge is 2.53. The zero-order valence-corrected chi connectivity index (χ0v) is 34.2. The van der Waals surface area contributed by atoms with Gasteiger partial charge in [-0.25, -0.2) is 14.1 Å². The van der Waals surface area contributed by atoms with Crippen LogP contribution in [0.15, 0.2) is 42.7 Å². The molecule has 6 atom stereocenters. The second-order valence-electron chi connectivity index (χ2n) is 15.1. The summed E-state index contributed by atoms with van der Waals surface area (Å²) in [5.41, 5.74) is 6.61. The number of anilines is 1. The van der Waals surface area contributed by atoms with E-state index in [1.807, 2.05) is 0 Å². The van der Waals surface area contributed by atoms with E-state index in [0.29, 0.717) is 23.4 Å². The molecule has 0 aliphatic carbocycles. The van der Waals surface area contributed by atoms with Gasteiger partial charge in [-0.2, -0.15) is 10.4 Å². The van der Waals surface area contributed by atoms with Crippen LogP contribution in [0.5, 0.6) is 0 Å². The SMILES string of the molecule is CCCCCCCCCCCCCCCCCCOC[C@H](COP(=O)(O)OC[C@@]1(C)O[C@@H](c2ccc3c(N)ncnn23)[C@H](O)[C@@H]1O)OCc1ccc(C#N)cc1. The number of benzene rings is 1. The molecule has 2 aromatic heterocycles. The first-order valence-electron chi connectivity index (χ1n) is 20.5. The van der Waals surface area contributed by atoms with E-state index in [1.165, 1.54) is 101 Å². The van der Waals surface area contributed by atoms with Crippen LogP contribution in [-0.2, 0) is 34.4 Å². The van der Waals surface area contributed by atoms with Gasteiger partial charge in [0, 0.05) is 6.61 Å². The van der Waals surface area contributed by atoms with Gasteiger partial charge in [0.1, 0.15) is 41.9 Å². The van der Waals surface area contributed by atoms with Crippen LogP contribution in [-0.4, -0.2) is 80.0 Å². The molecule has 15 heteroatoms. The number of hydrogen-bond acceptors (Lipinski definition) is 12. The van der Waals surface area contributed by atoms with Crippen molar-refractivity contribution in [1.82, 2.24) is 14.6 Å². The number of aromatic nitrogens is 3. The number of nitriles is 1. The van der Waals surface area contributed by atoms with Crippen molar-refractivity contribution in [1.29, 1.82) is 5.26 Å². The number of nitrogens with zero attached hydrogens (tertiary/aromatic N) is 4. The quantitative estimate of drug-likeness (QED) is 0.0392. The minimum absolute atomic E-state index is 0.127. The van der Waals surface area contributed by atoms with Crippen molar-refractivity contribution < 1.29 is 42.9 Å². The third-order valence-electron chi connectivity index (χ3n) is 10.4. The van der Waals surface area contributed by atoms with Gasteiger partial charge in [-0.1, -0.05) is 115 Å². The smallest absolute Gasteiger partial charge is 0.387 e. The molecule has 4 rings (SSSR count). The van der Waals surface area contributed by atoms with Crippen LogP contribution in [0.25, 0.3) is 5.52 Å². The maximum Gasteiger partial charge on any atom is 0.472 e. The first kappa shape index (κ1) is 45.7. The van der Waals surface area contributed by atoms with E-state index in [9.17, 15) is 19.7 Å². The minimum Gasteiger partial charge on any atom is -0.387 e. The molecule has 56 heavy (non-hydrogen) atoms. The topological polar surface area (TPSA) is 204 Å². The Kier molecular flexibility index (Phi) is 19.7. The summed E-state index contributed by atoms with van der Waals surface area (Å²) in [6.45, 7) is 3.67. The molecule has 0 saturated carbocycles. The largest absolute Gasteiger partial charge is 0.472 e. The highest BCUT2D eigenvalue weighted by atomic mass is 31.2. The van der Waals surface area contributed by atoms with Crippen molar-refractivity contribution in [2.75, 3.05) is 32.2 Å². The van der Waals surface area contributed by atoms with Gasteiger partial charge < -0.3 is 35.1 Å². The molecule has 1 aliphatic rings. The number of nitrogens with two attached hydrogens (primary N) is 1. The molecule has 1 aromatic carbocycles. The number of fused-ring (bicyclic) bond motifs is 1. The summed E-state index contributed by atoms with van der Waals surface area (Å²) in [4.78, 5) is 14.6. The van der Waals surface area contributed by atoms with Crippen molar-refractivity contribution in [3.05, 3.63) is 59.5 Å². The molecule has 0 radical (unpaired) electrons. The predicted octanol–water partition coefficient (Wildman–Crippen LogP) is 7.73. The Morgan fingerprint density at radius 2 is 1.52 bits per heavy atom. The summed E-state index contributed by atoms with van der Waals surface area (Å²) < 4.78 is 43.1. The Hall–Kier alpha value is -2.96. The van der Waals surface area contributed by atoms with Crippen LogP contribution in [0.4, 0.5) is 5.82 Å². The summed E-state index contributed by atoms with van der Waals surface area (Å²) >= 11 is 0. The third kappa shape index (κ3) is 14.8. The Balaban J connectivity index is 1.16. The summed E-state index contributed by atoms with van der Waals surface area (Å²) in [5.74, 6) is 0.230. The van der Waals surface area contributed by atoms with E-state index >= 15 is 0 Å². The maximum absolute atomic E-state index is 13.1. The summed E-state index contributed by atoms with van der Waals surface area (Å²) in [6.07, 6.45) is 17.2. The molecule has 0 spiro atoms. The van der Waals surface area contributed by atoms with Crippen molar-refractivity contribution in [2.24, 2.45) is 0 Å². The van der Waals surface area contributed by atoms with Crippen LogP contribution in [0, 0.1) is 11.3 Å². The molecule has 5 N–H and O–H groups in total. The minimum atomic E-state index is -4.68. The van der Waals surface area contributed by atoms with Gasteiger partial charge in [0.25, 0.3) is 0 Å². The van der Waals surface area contributed by atoms with Crippen LogP contribution >= 0.6 is 7.82 Å². The molecule has 0 bridgehead atoms. The standard InChI is InChI=1S/C41H64N5O9P/c1-3-4-5-6-7-8-9-10-11-12-13-14-15-16-17-18-25-51-28-34(52-27-33-21-19-32(26-42)20-22-33)29-53-56(49,50)54-30-41(2)39(48)37(47)38(55-41)35-23-24-36-40(43)44-31-45-46(35)36/h19-24,31,34,37-39,47-48H,3-18,25,27-30H2,1-2H3,(H,49,50)(H2,43,44,45)/t34-,37+,38+,39+,41-/m1/s1. The van der Waals surface area contributed by atoms with E-state index < -0.39 is 44.4 Å². The number of hydrogen-bond donors (Lipinski definition) is 4. The number of ether oxygens (including phenoxy) is 3. The van der Waals surface area contributed by atoms with E-state index in [2.05, 4.69) is 23.1 Å². The summed E-state index contributed by atoms with van der Waals surface area (Å²) in [6, 6.07) is 12.3. The lowest BCUT2D eigenvalue weighted by atomic mass is 9.97. The second kappa shape index (κ2) is 24.1. The van der Waals surface area contributed by atoms with Gasteiger partial charge in [-0.05, 0) is 43.2 Å².